The van der Waals surface area contributed by atoms with E-state index in [1.54, 1.807) is 19.1 Å². The lowest BCUT2D eigenvalue weighted by atomic mass is 10.2. The Bertz CT molecular complexity index is 494. The molecule has 2 rings (SSSR count). The average Bonchev–Trinajstić information content (AvgIpc) is 3.00. The molecule has 1 saturated heterocycles. The van der Waals surface area contributed by atoms with Gasteiger partial charge in [0.1, 0.15) is 6.61 Å². The summed E-state index contributed by atoms with van der Waals surface area (Å²) < 4.78 is 10.3. The smallest absolute Gasteiger partial charge is 0.416 e. The number of carbonyl (C=O) groups excluding carboxylic acids is 2. The molecule has 0 N–H and O–H groups in total. The van der Waals surface area contributed by atoms with E-state index in [4.69, 9.17) is 4.42 Å². The van der Waals surface area contributed by atoms with E-state index in [0.29, 0.717) is 10.5 Å². The molecule has 1 atom stereocenters. The zero-order valence-corrected chi connectivity index (χ0v) is 10.4. The summed E-state index contributed by atoms with van der Waals surface area (Å²) in [5.41, 5.74) is 0. The molecule has 1 unspecified atom stereocenters. The van der Waals surface area contributed by atoms with Gasteiger partial charge in [-0.15, -0.1) is 0 Å². The maximum atomic E-state index is 11.8. The van der Waals surface area contributed by atoms with E-state index in [1.807, 2.05) is 0 Å². The average molecular weight is 266 g/mol. The van der Waals surface area contributed by atoms with Gasteiger partial charge in [0.15, 0.2) is 11.8 Å². The monoisotopic (exact) mass is 266 g/mol. The molecule has 7 heteroatoms. The fourth-order valence-corrected chi connectivity index (χ4v) is 1.69. The minimum Gasteiger partial charge on any atom is -0.624 e. The number of amides is 2. The topological polar surface area (TPSA) is 85.8 Å². The third kappa shape index (κ3) is 3.12. The Balaban J connectivity index is 1.95. The molecule has 0 saturated carbocycles. The van der Waals surface area contributed by atoms with Crippen molar-refractivity contribution in [3.63, 3.8) is 0 Å². The minimum atomic E-state index is -0.648. The Kier molecular flexibility index (Phi) is 3.84. The van der Waals surface area contributed by atoms with Gasteiger partial charge in [0.05, 0.1) is 19.2 Å². The molecule has 19 heavy (non-hydrogen) atoms. The number of hydroxylamine groups is 1. The Labute approximate surface area is 109 Å². The second kappa shape index (κ2) is 5.55. The molecule has 102 valence electrons. The van der Waals surface area contributed by atoms with Crippen molar-refractivity contribution in [2.24, 2.45) is 0 Å². The maximum absolute atomic E-state index is 11.8. The molecule has 1 aliphatic rings. The third-order valence-corrected chi connectivity index (χ3v) is 2.76. The first-order chi connectivity index (χ1) is 9.08. The number of hydrogen-bond donors (Lipinski definition) is 0. The van der Waals surface area contributed by atoms with Gasteiger partial charge in [-0.3, -0.25) is 4.79 Å². The zero-order valence-electron chi connectivity index (χ0n) is 10.4. The highest BCUT2D eigenvalue weighted by atomic mass is 16.6. The number of hydrogen-bond acceptors (Lipinski definition) is 5. The summed E-state index contributed by atoms with van der Waals surface area (Å²) in [5, 5.41) is 11.8. The molecule has 1 aromatic heterocycles. The standard InChI is InChI=1S/C12H14N2O5/c1-9(14(17)8-10-3-2-5-18-10)7-11(15)13-4-6-19-12(13)16/h2-3,5,8-9H,4,6-7H2,1H3/b14-8-. The van der Waals surface area contributed by atoms with E-state index >= 15 is 0 Å². The zero-order chi connectivity index (χ0) is 13.8. The number of cyclic esters (lactones) is 1. The van der Waals surface area contributed by atoms with Gasteiger partial charge in [-0.2, -0.15) is 0 Å². The molecule has 0 radical (unpaired) electrons. The van der Waals surface area contributed by atoms with Gasteiger partial charge in [0.25, 0.3) is 0 Å². The predicted molar refractivity (Wildman–Crippen MR) is 64.6 cm³/mol. The summed E-state index contributed by atoms with van der Waals surface area (Å²) >= 11 is 0. The van der Waals surface area contributed by atoms with Gasteiger partial charge in [-0.1, -0.05) is 0 Å². The van der Waals surface area contributed by atoms with Gasteiger partial charge in [0.2, 0.25) is 12.1 Å². The van der Waals surface area contributed by atoms with Crippen LogP contribution in [0.25, 0.3) is 0 Å². The van der Waals surface area contributed by atoms with Crippen LogP contribution in [-0.4, -0.2) is 47.0 Å². The highest BCUT2D eigenvalue weighted by Gasteiger charge is 2.30. The second-order valence-corrected chi connectivity index (χ2v) is 4.22. The normalized spacial score (nSPS) is 17.4. The lowest BCUT2D eigenvalue weighted by Gasteiger charge is -2.15. The lowest BCUT2D eigenvalue weighted by molar-refractivity contribution is -0.491. The van der Waals surface area contributed by atoms with Crippen molar-refractivity contribution in [2.75, 3.05) is 13.2 Å². The van der Waals surface area contributed by atoms with Crippen LogP contribution in [0.15, 0.2) is 22.8 Å². The highest BCUT2D eigenvalue weighted by molar-refractivity contribution is 5.93. The predicted octanol–water partition coefficient (Wildman–Crippen LogP) is 0.966. The number of rotatable bonds is 4. The van der Waals surface area contributed by atoms with Gasteiger partial charge in [0, 0.05) is 0 Å². The van der Waals surface area contributed by atoms with Crippen LogP contribution in [0.3, 0.4) is 0 Å². The van der Waals surface area contributed by atoms with E-state index in [0.717, 1.165) is 4.90 Å². The Morgan fingerprint density at radius 1 is 1.68 bits per heavy atom. The molecule has 2 heterocycles. The molecule has 1 aliphatic heterocycles. The quantitative estimate of drug-likeness (QED) is 0.351. The molecule has 7 nitrogen and oxygen atoms in total. The second-order valence-electron chi connectivity index (χ2n) is 4.22. The number of carbonyl (C=O) groups is 2. The van der Waals surface area contributed by atoms with Gasteiger partial charge in [-0.05, 0) is 19.1 Å². The van der Waals surface area contributed by atoms with Gasteiger partial charge >= 0.3 is 6.09 Å². The number of nitrogens with zero attached hydrogens (tertiary/aromatic N) is 2. The van der Waals surface area contributed by atoms with E-state index in [1.165, 1.54) is 12.5 Å². The van der Waals surface area contributed by atoms with Gasteiger partial charge < -0.3 is 14.4 Å². The highest BCUT2D eigenvalue weighted by Crippen LogP contribution is 2.08. The lowest BCUT2D eigenvalue weighted by Crippen LogP contribution is -2.35. The van der Waals surface area contributed by atoms with Crippen molar-refractivity contribution < 1.29 is 23.5 Å². The molecule has 0 spiro atoms. The largest absolute Gasteiger partial charge is 0.624 e. The summed E-state index contributed by atoms with van der Waals surface area (Å²) in [6.45, 7) is 2.05. The first-order valence-electron chi connectivity index (χ1n) is 5.89. The molecule has 0 aromatic carbocycles. The Morgan fingerprint density at radius 2 is 2.47 bits per heavy atom. The first kappa shape index (κ1) is 13.1. The van der Waals surface area contributed by atoms with Crippen molar-refractivity contribution in [1.29, 1.82) is 0 Å². The summed E-state index contributed by atoms with van der Waals surface area (Å²) in [5.74, 6) is -0.00132. The summed E-state index contributed by atoms with van der Waals surface area (Å²) in [4.78, 5) is 24.0. The van der Waals surface area contributed by atoms with Crippen molar-refractivity contribution in [1.82, 2.24) is 4.90 Å². The van der Waals surface area contributed by atoms with Crippen molar-refractivity contribution >= 4 is 18.2 Å². The van der Waals surface area contributed by atoms with E-state index in [-0.39, 0.29) is 19.6 Å². The van der Waals surface area contributed by atoms with E-state index < -0.39 is 18.0 Å². The third-order valence-electron chi connectivity index (χ3n) is 2.76. The number of furan rings is 1. The Hall–Kier alpha value is -2.31. The molecule has 1 fully saturated rings. The molecular formula is C12H14N2O5. The molecule has 2 amide bonds. The molecule has 0 bridgehead atoms. The van der Waals surface area contributed by atoms with Crippen molar-refractivity contribution in [2.45, 2.75) is 19.4 Å². The SMILES string of the molecule is CC(CC(=O)N1CCOC1=O)/[N+]([O-])=C/c1ccco1. The minimum absolute atomic E-state index is 0.0597. The van der Waals surface area contributed by atoms with Crippen molar-refractivity contribution in [3.8, 4) is 0 Å². The number of ether oxygens (including phenoxy) is 1. The van der Waals surface area contributed by atoms with Crippen LogP contribution in [-0.2, 0) is 9.53 Å². The maximum Gasteiger partial charge on any atom is 0.416 e. The fraction of sp³-hybridized carbons (Fsp3) is 0.417. The summed E-state index contributed by atoms with van der Waals surface area (Å²) in [7, 11) is 0. The molecular weight excluding hydrogens is 252 g/mol. The van der Waals surface area contributed by atoms with E-state index in [2.05, 4.69) is 4.74 Å². The van der Waals surface area contributed by atoms with Gasteiger partial charge in [-0.25, -0.2) is 14.4 Å². The fourth-order valence-electron chi connectivity index (χ4n) is 1.69. The molecule has 1 aromatic rings. The van der Waals surface area contributed by atoms with Crippen LogP contribution in [0.2, 0.25) is 0 Å². The summed E-state index contributed by atoms with van der Waals surface area (Å²) in [6.07, 6.45) is 2.01. The summed E-state index contributed by atoms with van der Waals surface area (Å²) in [6, 6.07) is 2.71. The first-order valence-corrected chi connectivity index (χ1v) is 5.89. The van der Waals surface area contributed by atoms with Crippen LogP contribution in [0.5, 0.6) is 0 Å². The van der Waals surface area contributed by atoms with Crippen LogP contribution in [0, 0.1) is 5.21 Å². The van der Waals surface area contributed by atoms with E-state index in [9.17, 15) is 14.8 Å². The van der Waals surface area contributed by atoms with Crippen LogP contribution >= 0.6 is 0 Å². The van der Waals surface area contributed by atoms with Crippen LogP contribution in [0.1, 0.15) is 19.1 Å². The molecule has 0 aliphatic carbocycles. The Morgan fingerprint density at radius 3 is 3.05 bits per heavy atom. The van der Waals surface area contributed by atoms with Crippen LogP contribution in [0.4, 0.5) is 4.79 Å². The van der Waals surface area contributed by atoms with Crippen LogP contribution < -0.4 is 0 Å². The van der Waals surface area contributed by atoms with Crippen molar-refractivity contribution in [3.05, 3.63) is 29.4 Å². The number of imide groups is 1.